The molecule has 1 fully saturated rings. The summed E-state index contributed by atoms with van der Waals surface area (Å²) in [6, 6.07) is 17.3. The zero-order valence-electron chi connectivity index (χ0n) is 25.9. The minimum atomic E-state index is -0.665. The number of nitrogens with one attached hydrogen (secondary N) is 1. The molecule has 2 amide bonds. The molecule has 0 saturated carbocycles. The summed E-state index contributed by atoms with van der Waals surface area (Å²) < 4.78 is 16.7. The molecule has 11 heteroatoms. The predicted molar refractivity (Wildman–Crippen MR) is 181 cm³/mol. The molecule has 1 saturated heterocycles. The molecule has 2 heterocycles. The number of carbonyl (C=O) groups excluding carboxylic acids is 3. The molecule has 45 heavy (non-hydrogen) atoms. The van der Waals surface area contributed by atoms with Gasteiger partial charge in [0.15, 0.2) is 17.2 Å². The lowest BCUT2D eigenvalue weighted by Gasteiger charge is -2.35. The molecule has 238 valence electrons. The first kappa shape index (κ1) is 33.9. The van der Waals surface area contributed by atoms with Crippen molar-refractivity contribution in [3.05, 3.63) is 63.9 Å². The van der Waals surface area contributed by atoms with E-state index in [1.165, 1.54) is 18.4 Å². The highest BCUT2D eigenvalue weighted by molar-refractivity contribution is 9.10. The molecule has 1 aliphatic rings. The first-order valence-corrected chi connectivity index (χ1v) is 16.2. The van der Waals surface area contributed by atoms with Crippen molar-refractivity contribution in [1.29, 1.82) is 0 Å². The fourth-order valence-corrected chi connectivity index (χ4v) is 6.98. The summed E-state index contributed by atoms with van der Waals surface area (Å²) in [4.78, 5) is 42.7. The van der Waals surface area contributed by atoms with Crippen LogP contribution in [0.25, 0.3) is 10.4 Å². The minimum absolute atomic E-state index is 0.0878. The monoisotopic (exact) mass is 695 g/mol. The van der Waals surface area contributed by atoms with E-state index in [4.69, 9.17) is 20.6 Å². The van der Waals surface area contributed by atoms with Gasteiger partial charge in [0.05, 0.1) is 23.0 Å². The summed E-state index contributed by atoms with van der Waals surface area (Å²) in [6.45, 7) is 7.44. The smallest absolute Gasteiger partial charge is 0.351 e. The predicted octanol–water partition coefficient (Wildman–Crippen LogP) is 7.07. The number of anilines is 2. The standard InChI is InChI=1S/C34H38BrN3O6S/c1-6-17-38(21-23-15-18-37(19-16-23)33(41)36-25-12-8-7-9-13-25)26-14-10-11-24(20-26)30-28(35)29(31(45-30)32(40)42-5)43-22-27(39)44-34(2,3)4/h1,7-14,20,23H,15-19,21-22H2,2-5H3,(H,36,41). The number of esters is 2. The van der Waals surface area contributed by atoms with Crippen molar-refractivity contribution in [2.45, 2.75) is 39.2 Å². The average Bonchev–Trinajstić information content (AvgIpc) is 3.35. The lowest BCUT2D eigenvalue weighted by Crippen LogP contribution is -2.43. The molecule has 3 aromatic rings. The quantitative estimate of drug-likeness (QED) is 0.179. The third kappa shape index (κ3) is 9.25. The number of hydrogen-bond donors (Lipinski definition) is 1. The van der Waals surface area contributed by atoms with Crippen LogP contribution in [-0.4, -0.2) is 68.4 Å². The first-order valence-electron chi connectivity index (χ1n) is 14.6. The van der Waals surface area contributed by atoms with Gasteiger partial charge >= 0.3 is 18.0 Å². The molecule has 0 radical (unpaired) electrons. The van der Waals surface area contributed by atoms with Crippen molar-refractivity contribution in [1.82, 2.24) is 4.90 Å². The van der Waals surface area contributed by atoms with E-state index >= 15 is 0 Å². The van der Waals surface area contributed by atoms with Crippen molar-refractivity contribution in [2.24, 2.45) is 5.92 Å². The number of thiophene rings is 1. The van der Waals surface area contributed by atoms with Gasteiger partial charge in [-0.2, -0.15) is 0 Å². The average molecular weight is 697 g/mol. The molecular formula is C34H38BrN3O6S. The maximum Gasteiger partial charge on any atom is 0.351 e. The number of piperidine rings is 1. The van der Waals surface area contributed by atoms with Crippen LogP contribution in [0.5, 0.6) is 5.75 Å². The van der Waals surface area contributed by atoms with Crippen LogP contribution in [0.2, 0.25) is 0 Å². The number of urea groups is 1. The number of nitrogens with zero attached hydrogens (tertiary/aromatic N) is 2. The summed E-state index contributed by atoms with van der Waals surface area (Å²) in [5, 5.41) is 2.96. The normalized spacial score (nSPS) is 13.5. The fraction of sp³-hybridized carbons (Fsp3) is 0.382. The number of ether oxygens (including phenoxy) is 3. The van der Waals surface area contributed by atoms with Crippen LogP contribution in [0.15, 0.2) is 59.1 Å². The molecular weight excluding hydrogens is 658 g/mol. The Bertz CT molecular complexity index is 1540. The van der Waals surface area contributed by atoms with Crippen molar-refractivity contribution in [3.8, 4) is 28.5 Å². The van der Waals surface area contributed by atoms with E-state index in [0.29, 0.717) is 30.0 Å². The van der Waals surface area contributed by atoms with Gasteiger partial charge < -0.3 is 29.3 Å². The molecule has 4 rings (SSSR count). The van der Waals surface area contributed by atoms with E-state index < -0.39 is 17.5 Å². The Hall–Kier alpha value is -4.01. The Labute approximate surface area is 277 Å². The highest BCUT2D eigenvalue weighted by Crippen LogP contribution is 2.46. The molecule has 0 aliphatic carbocycles. The minimum Gasteiger partial charge on any atom is -0.479 e. The Kier molecular flexibility index (Phi) is 11.5. The van der Waals surface area contributed by atoms with Crippen LogP contribution in [0.1, 0.15) is 43.3 Å². The molecule has 0 atom stereocenters. The van der Waals surface area contributed by atoms with Gasteiger partial charge in [-0.3, -0.25) is 0 Å². The molecule has 9 nitrogen and oxygen atoms in total. The molecule has 1 aromatic heterocycles. The maximum atomic E-state index is 12.8. The highest BCUT2D eigenvalue weighted by atomic mass is 79.9. The number of hydrogen-bond acceptors (Lipinski definition) is 8. The number of methoxy groups -OCH3 is 1. The number of amides is 2. The van der Waals surface area contributed by atoms with Crippen LogP contribution in [0.3, 0.4) is 0 Å². The summed E-state index contributed by atoms with van der Waals surface area (Å²) >= 11 is 4.81. The second kappa shape index (κ2) is 15.3. The van der Waals surface area contributed by atoms with E-state index in [9.17, 15) is 14.4 Å². The van der Waals surface area contributed by atoms with Gasteiger partial charge in [0.2, 0.25) is 0 Å². The molecule has 2 aromatic carbocycles. The van der Waals surface area contributed by atoms with Gasteiger partial charge in [-0.15, -0.1) is 17.8 Å². The number of likely N-dealkylation sites (tertiary alicyclic amines) is 1. The second-order valence-corrected chi connectivity index (χ2v) is 13.4. The van der Waals surface area contributed by atoms with Gasteiger partial charge in [-0.05, 0) is 85.3 Å². The Balaban J connectivity index is 1.47. The maximum absolute atomic E-state index is 12.8. The Morgan fingerprint density at radius 3 is 2.47 bits per heavy atom. The zero-order valence-corrected chi connectivity index (χ0v) is 28.3. The van der Waals surface area contributed by atoms with Crippen LogP contribution >= 0.6 is 27.3 Å². The van der Waals surface area contributed by atoms with Gasteiger partial charge in [0.1, 0.15) is 5.60 Å². The molecule has 0 unspecified atom stereocenters. The van der Waals surface area contributed by atoms with Crippen molar-refractivity contribution >= 4 is 56.6 Å². The molecule has 0 spiro atoms. The molecule has 0 bridgehead atoms. The van der Waals surface area contributed by atoms with Gasteiger partial charge in [0.25, 0.3) is 0 Å². The third-order valence-electron chi connectivity index (χ3n) is 7.10. The fourth-order valence-electron chi connectivity index (χ4n) is 5.01. The summed E-state index contributed by atoms with van der Waals surface area (Å²) in [6.07, 6.45) is 7.51. The van der Waals surface area contributed by atoms with E-state index in [0.717, 1.165) is 41.2 Å². The SMILES string of the molecule is C#CCN(CC1CCN(C(=O)Nc2ccccc2)CC1)c1cccc(-c2sc(C(=O)OC)c(OCC(=O)OC(C)(C)C)c2Br)c1. The molecule has 1 N–H and O–H groups in total. The van der Waals surface area contributed by atoms with Crippen molar-refractivity contribution in [3.63, 3.8) is 0 Å². The summed E-state index contributed by atoms with van der Waals surface area (Å²) in [5.41, 5.74) is 1.89. The number of rotatable bonds is 10. The van der Waals surface area contributed by atoms with Gasteiger partial charge in [-0.1, -0.05) is 36.3 Å². The lowest BCUT2D eigenvalue weighted by atomic mass is 9.96. The van der Waals surface area contributed by atoms with E-state index in [1.54, 1.807) is 20.8 Å². The second-order valence-electron chi connectivity index (χ2n) is 11.6. The number of carbonyl (C=O) groups is 3. The van der Waals surface area contributed by atoms with Crippen LogP contribution in [-0.2, 0) is 14.3 Å². The summed E-state index contributed by atoms with van der Waals surface area (Å²) in [7, 11) is 1.30. The van der Waals surface area contributed by atoms with E-state index in [-0.39, 0.29) is 23.3 Å². The van der Waals surface area contributed by atoms with Crippen LogP contribution < -0.4 is 15.0 Å². The van der Waals surface area contributed by atoms with Crippen LogP contribution in [0.4, 0.5) is 16.2 Å². The zero-order chi connectivity index (χ0) is 32.6. The van der Waals surface area contributed by atoms with Gasteiger partial charge in [0, 0.05) is 31.0 Å². The Morgan fingerprint density at radius 2 is 1.82 bits per heavy atom. The largest absolute Gasteiger partial charge is 0.479 e. The van der Waals surface area contributed by atoms with Crippen molar-refractivity contribution in [2.75, 3.05) is 50.1 Å². The number of halogens is 1. The van der Waals surface area contributed by atoms with E-state index in [1.807, 2.05) is 59.5 Å². The molecule has 1 aliphatic heterocycles. The number of para-hydroxylation sites is 1. The summed E-state index contributed by atoms with van der Waals surface area (Å²) in [5.74, 6) is 2.24. The highest BCUT2D eigenvalue weighted by Gasteiger charge is 2.28. The van der Waals surface area contributed by atoms with E-state index in [2.05, 4.69) is 32.1 Å². The Morgan fingerprint density at radius 1 is 1.11 bits per heavy atom. The topological polar surface area (TPSA) is 97.4 Å². The van der Waals surface area contributed by atoms with Crippen molar-refractivity contribution < 1.29 is 28.6 Å². The lowest BCUT2D eigenvalue weighted by molar-refractivity contribution is -0.157. The number of terminal acetylenes is 1. The van der Waals surface area contributed by atoms with Gasteiger partial charge in [-0.25, -0.2) is 14.4 Å². The van der Waals surface area contributed by atoms with Crippen LogP contribution in [0, 0.1) is 18.3 Å². The third-order valence-corrected chi connectivity index (χ3v) is 9.31. The number of benzene rings is 2. The first-order chi connectivity index (χ1) is 21.5.